The van der Waals surface area contributed by atoms with E-state index >= 15 is 0 Å². The lowest BCUT2D eigenvalue weighted by Gasteiger charge is -2.14. The van der Waals surface area contributed by atoms with E-state index in [1.807, 2.05) is 13.8 Å². The van der Waals surface area contributed by atoms with Crippen LogP contribution in [0.3, 0.4) is 0 Å². The Morgan fingerprint density at radius 2 is 1.88 bits per heavy atom. The first-order chi connectivity index (χ1) is 11.4. The summed E-state index contributed by atoms with van der Waals surface area (Å²) in [6.45, 7) is 3.65. The number of aromatic nitrogens is 3. The zero-order chi connectivity index (χ0) is 17.4. The van der Waals surface area contributed by atoms with Crippen molar-refractivity contribution in [1.29, 1.82) is 0 Å². The average molecular weight is 324 g/mol. The van der Waals surface area contributed by atoms with Crippen LogP contribution in [0.1, 0.15) is 21.7 Å². The van der Waals surface area contributed by atoms with Gasteiger partial charge in [0.15, 0.2) is 0 Å². The Morgan fingerprint density at radius 3 is 2.50 bits per heavy atom. The number of anilines is 1. The molecule has 2 N–H and O–H groups in total. The van der Waals surface area contributed by atoms with Gasteiger partial charge in [-0.15, -0.1) is 0 Å². The van der Waals surface area contributed by atoms with E-state index in [4.69, 9.17) is 10.5 Å². The number of methoxy groups -OCH3 is 1. The molecule has 3 rings (SSSR count). The Hall–Kier alpha value is -3.22. The van der Waals surface area contributed by atoms with Gasteiger partial charge in [0.05, 0.1) is 24.7 Å². The fourth-order valence-corrected chi connectivity index (χ4v) is 2.51. The topological polar surface area (TPSA) is 100 Å². The molecule has 3 aromatic heterocycles. The second-order valence-corrected chi connectivity index (χ2v) is 5.40. The van der Waals surface area contributed by atoms with Crippen molar-refractivity contribution in [2.45, 2.75) is 13.8 Å². The fraction of sp³-hybridized carbons (Fsp3) is 0.176. The summed E-state index contributed by atoms with van der Waals surface area (Å²) in [7, 11) is 1.20. The van der Waals surface area contributed by atoms with Crippen molar-refractivity contribution in [3.8, 4) is 5.69 Å². The summed E-state index contributed by atoms with van der Waals surface area (Å²) < 4.78 is 6.04. The van der Waals surface area contributed by atoms with E-state index < -0.39 is 11.5 Å². The molecule has 0 aliphatic carbocycles. The minimum atomic E-state index is -0.784. The number of carbonyl (C=O) groups is 1. The summed E-state index contributed by atoms with van der Waals surface area (Å²) in [5.74, 6) is -0.784. The van der Waals surface area contributed by atoms with Crippen molar-refractivity contribution in [2.24, 2.45) is 0 Å². The Balaban J connectivity index is 2.50. The molecule has 0 bridgehead atoms. The molecule has 0 spiro atoms. The number of hydrogen-bond donors (Lipinski definition) is 1. The van der Waals surface area contributed by atoms with E-state index in [-0.39, 0.29) is 11.3 Å². The lowest BCUT2D eigenvalue weighted by Crippen LogP contribution is -2.28. The van der Waals surface area contributed by atoms with Gasteiger partial charge in [-0.3, -0.25) is 14.3 Å². The molecular formula is C17H16N4O3. The molecule has 7 heteroatoms. The molecule has 0 unspecified atom stereocenters. The van der Waals surface area contributed by atoms with Gasteiger partial charge in [0.25, 0.3) is 5.56 Å². The first-order valence-corrected chi connectivity index (χ1v) is 7.27. The fourth-order valence-electron chi connectivity index (χ4n) is 2.51. The molecular weight excluding hydrogens is 308 g/mol. The summed E-state index contributed by atoms with van der Waals surface area (Å²) in [5.41, 5.74) is 7.71. The van der Waals surface area contributed by atoms with Gasteiger partial charge in [-0.1, -0.05) is 0 Å². The lowest BCUT2D eigenvalue weighted by molar-refractivity contribution is 0.0600. The van der Waals surface area contributed by atoms with E-state index in [2.05, 4.69) is 9.97 Å². The van der Waals surface area contributed by atoms with Crippen molar-refractivity contribution in [3.05, 3.63) is 57.8 Å². The average Bonchev–Trinajstić information content (AvgIpc) is 2.56. The molecule has 122 valence electrons. The molecule has 0 aliphatic heterocycles. The molecule has 0 aliphatic rings. The van der Waals surface area contributed by atoms with Crippen LogP contribution >= 0.6 is 0 Å². The Kier molecular flexibility index (Phi) is 3.76. The summed E-state index contributed by atoms with van der Waals surface area (Å²) in [6, 6.07) is 7.01. The molecule has 3 aromatic rings. The van der Waals surface area contributed by atoms with Crippen molar-refractivity contribution in [2.75, 3.05) is 12.8 Å². The first kappa shape index (κ1) is 15.7. The molecule has 24 heavy (non-hydrogen) atoms. The maximum Gasteiger partial charge on any atom is 0.345 e. The number of nitrogen functional groups attached to an aromatic ring is 1. The van der Waals surface area contributed by atoms with Crippen LogP contribution in [0.25, 0.3) is 16.7 Å². The van der Waals surface area contributed by atoms with Gasteiger partial charge in [-0.25, -0.2) is 9.78 Å². The number of aryl methyl sites for hydroxylation is 2. The van der Waals surface area contributed by atoms with Gasteiger partial charge in [-0.05, 0) is 38.1 Å². The second-order valence-electron chi connectivity index (χ2n) is 5.40. The third-order valence-electron chi connectivity index (χ3n) is 3.75. The summed E-state index contributed by atoms with van der Waals surface area (Å²) >= 11 is 0. The monoisotopic (exact) mass is 324 g/mol. The molecule has 0 saturated heterocycles. The molecule has 0 fully saturated rings. The molecule has 0 radical (unpaired) electrons. The minimum absolute atomic E-state index is 0.0608. The van der Waals surface area contributed by atoms with E-state index in [0.717, 1.165) is 11.4 Å². The van der Waals surface area contributed by atoms with E-state index in [1.165, 1.54) is 11.7 Å². The van der Waals surface area contributed by atoms with E-state index in [0.29, 0.717) is 16.7 Å². The number of pyridine rings is 3. The van der Waals surface area contributed by atoms with Crippen LogP contribution in [0.4, 0.5) is 5.69 Å². The molecule has 0 amide bonds. The standard InChI is InChI=1S/C17H16N4O3/c1-9-4-6-11(8-19-9)21-15-12(7-5-10(2)20-15)14(18)13(16(21)22)17(23)24-3/h4-8H,18H2,1-3H3. The zero-order valence-electron chi connectivity index (χ0n) is 13.5. The number of nitrogens with two attached hydrogens (primary N) is 1. The predicted octanol–water partition coefficient (Wildman–Crippen LogP) is 1.77. The summed E-state index contributed by atoms with van der Waals surface area (Å²) in [5, 5.41) is 0.501. The predicted molar refractivity (Wildman–Crippen MR) is 90.4 cm³/mol. The van der Waals surface area contributed by atoms with Crippen LogP contribution in [-0.2, 0) is 4.74 Å². The summed E-state index contributed by atoms with van der Waals surface area (Å²) in [4.78, 5) is 33.6. The van der Waals surface area contributed by atoms with Crippen LogP contribution in [0.2, 0.25) is 0 Å². The highest BCUT2D eigenvalue weighted by Gasteiger charge is 2.23. The van der Waals surface area contributed by atoms with Crippen LogP contribution in [-0.4, -0.2) is 27.6 Å². The largest absolute Gasteiger partial charge is 0.465 e. The number of fused-ring (bicyclic) bond motifs is 1. The molecule has 0 atom stereocenters. The molecule has 0 aromatic carbocycles. The van der Waals surface area contributed by atoms with Gasteiger partial charge in [-0.2, -0.15) is 0 Å². The SMILES string of the molecule is COC(=O)c1c(N)c2ccc(C)nc2n(-c2ccc(C)nc2)c1=O. The normalized spacial score (nSPS) is 10.8. The number of rotatable bonds is 2. The highest BCUT2D eigenvalue weighted by molar-refractivity contribution is 6.03. The molecule has 7 nitrogen and oxygen atoms in total. The van der Waals surface area contributed by atoms with Gasteiger partial charge < -0.3 is 10.5 Å². The maximum absolute atomic E-state index is 12.9. The number of esters is 1. The Labute approximate surface area is 137 Å². The third-order valence-corrected chi connectivity index (χ3v) is 3.75. The van der Waals surface area contributed by atoms with Crippen molar-refractivity contribution < 1.29 is 9.53 Å². The third kappa shape index (κ3) is 2.40. The van der Waals surface area contributed by atoms with Crippen LogP contribution in [0, 0.1) is 13.8 Å². The highest BCUT2D eigenvalue weighted by Crippen LogP contribution is 2.24. The maximum atomic E-state index is 12.9. The summed E-state index contributed by atoms with van der Waals surface area (Å²) in [6.07, 6.45) is 1.55. The van der Waals surface area contributed by atoms with Gasteiger partial charge in [0.2, 0.25) is 0 Å². The molecule has 0 saturated carbocycles. The van der Waals surface area contributed by atoms with Crippen molar-refractivity contribution in [1.82, 2.24) is 14.5 Å². The number of nitrogens with zero attached hydrogens (tertiary/aromatic N) is 3. The first-order valence-electron chi connectivity index (χ1n) is 7.27. The van der Waals surface area contributed by atoms with Crippen LogP contribution in [0.15, 0.2) is 35.3 Å². The minimum Gasteiger partial charge on any atom is -0.465 e. The van der Waals surface area contributed by atoms with E-state index in [1.54, 1.807) is 30.5 Å². The zero-order valence-corrected chi connectivity index (χ0v) is 13.5. The number of ether oxygens (including phenoxy) is 1. The quantitative estimate of drug-likeness (QED) is 0.721. The van der Waals surface area contributed by atoms with Crippen molar-refractivity contribution in [3.63, 3.8) is 0 Å². The van der Waals surface area contributed by atoms with Gasteiger partial charge in [0, 0.05) is 16.8 Å². The van der Waals surface area contributed by atoms with Gasteiger partial charge >= 0.3 is 5.97 Å². The smallest absolute Gasteiger partial charge is 0.345 e. The number of hydrogen-bond acceptors (Lipinski definition) is 6. The lowest BCUT2D eigenvalue weighted by atomic mass is 10.1. The van der Waals surface area contributed by atoms with Crippen LogP contribution < -0.4 is 11.3 Å². The number of carbonyl (C=O) groups excluding carboxylic acids is 1. The van der Waals surface area contributed by atoms with Crippen LogP contribution in [0.5, 0.6) is 0 Å². The Morgan fingerprint density at radius 1 is 1.17 bits per heavy atom. The van der Waals surface area contributed by atoms with Gasteiger partial charge in [0.1, 0.15) is 11.2 Å². The van der Waals surface area contributed by atoms with E-state index in [9.17, 15) is 9.59 Å². The Bertz CT molecular complexity index is 1010. The second kappa shape index (κ2) is 5.77. The van der Waals surface area contributed by atoms with Crippen molar-refractivity contribution >= 4 is 22.7 Å². The highest BCUT2D eigenvalue weighted by atomic mass is 16.5. The molecule has 3 heterocycles.